The molecular formula is C26H28FN5O. The minimum Gasteiger partial charge on any atom is -0.341 e. The topological polar surface area (TPSA) is 70.2 Å². The molecule has 0 radical (unpaired) electrons. The molecule has 1 amide bonds. The number of benzene rings is 2. The molecule has 2 fully saturated rings. The summed E-state index contributed by atoms with van der Waals surface area (Å²) in [5.41, 5.74) is 2.85. The smallest absolute Gasteiger partial charge is 0.235 e. The van der Waals surface area contributed by atoms with E-state index in [1.54, 1.807) is 12.1 Å². The first-order valence-corrected chi connectivity index (χ1v) is 11.6. The van der Waals surface area contributed by atoms with Crippen LogP contribution in [0.3, 0.4) is 0 Å². The van der Waals surface area contributed by atoms with Crippen LogP contribution in [0, 0.1) is 12.7 Å². The van der Waals surface area contributed by atoms with E-state index >= 15 is 0 Å². The Hall–Kier alpha value is -3.48. The molecule has 2 aromatic carbocycles. The van der Waals surface area contributed by atoms with E-state index in [2.05, 4.69) is 20.5 Å². The van der Waals surface area contributed by atoms with Crippen LogP contribution in [0.1, 0.15) is 43.4 Å². The molecule has 5 rings (SSSR count). The third-order valence-electron chi connectivity index (χ3n) is 6.48. The zero-order valence-electron chi connectivity index (χ0n) is 18.8. The number of nitrogens with one attached hydrogen (secondary N) is 2. The molecule has 3 aromatic rings. The van der Waals surface area contributed by atoms with Crippen molar-refractivity contribution in [3.8, 4) is 0 Å². The van der Waals surface area contributed by atoms with E-state index in [-0.39, 0.29) is 11.7 Å². The van der Waals surface area contributed by atoms with Gasteiger partial charge in [0, 0.05) is 36.2 Å². The highest BCUT2D eigenvalue weighted by Crippen LogP contribution is 2.49. The van der Waals surface area contributed by atoms with E-state index in [4.69, 9.17) is 4.98 Å². The Kier molecular flexibility index (Phi) is 5.70. The molecule has 170 valence electrons. The lowest BCUT2D eigenvalue weighted by Crippen LogP contribution is -2.31. The second-order valence-electron chi connectivity index (χ2n) is 8.99. The number of nitrogens with zero attached hydrogens (tertiary/aromatic N) is 3. The van der Waals surface area contributed by atoms with E-state index in [0.717, 1.165) is 60.3 Å². The fourth-order valence-corrected chi connectivity index (χ4v) is 4.43. The van der Waals surface area contributed by atoms with Gasteiger partial charge >= 0.3 is 0 Å². The van der Waals surface area contributed by atoms with Gasteiger partial charge in [0.1, 0.15) is 11.6 Å². The number of hydrogen-bond donors (Lipinski definition) is 2. The van der Waals surface area contributed by atoms with E-state index in [1.165, 1.54) is 31.4 Å². The maximum absolute atomic E-state index is 13.3. The Morgan fingerprint density at radius 2 is 1.61 bits per heavy atom. The highest BCUT2D eigenvalue weighted by atomic mass is 19.1. The number of aromatic nitrogens is 2. The van der Waals surface area contributed by atoms with Gasteiger partial charge in [0.05, 0.1) is 5.41 Å². The quantitative estimate of drug-likeness (QED) is 0.537. The van der Waals surface area contributed by atoms with Gasteiger partial charge < -0.3 is 15.5 Å². The molecule has 2 N–H and O–H groups in total. The van der Waals surface area contributed by atoms with Crippen molar-refractivity contribution >= 4 is 29.0 Å². The average molecular weight is 446 g/mol. The van der Waals surface area contributed by atoms with Gasteiger partial charge in [-0.05, 0) is 81.0 Å². The predicted molar refractivity (Wildman–Crippen MR) is 128 cm³/mol. The van der Waals surface area contributed by atoms with Gasteiger partial charge in [-0.2, -0.15) is 4.98 Å². The zero-order chi connectivity index (χ0) is 22.8. The van der Waals surface area contributed by atoms with Gasteiger partial charge in [0.25, 0.3) is 0 Å². The Bertz CT molecular complexity index is 1140. The van der Waals surface area contributed by atoms with Crippen molar-refractivity contribution in [2.24, 2.45) is 0 Å². The van der Waals surface area contributed by atoms with Crippen LogP contribution >= 0.6 is 0 Å². The molecule has 0 unspecified atom stereocenters. The molecule has 7 heteroatoms. The number of halogens is 1. The standard InChI is InChI=1S/C26H28FN5O/c1-18-17-23(31-25(28-18)32-15-3-2-4-16-32)29-21-9-11-22(12-10-21)30-24(33)26(13-14-26)19-5-7-20(27)8-6-19/h5-12,17H,2-4,13-16H2,1H3,(H,30,33)(H,28,29,31). The summed E-state index contributed by atoms with van der Waals surface area (Å²) in [5, 5.41) is 6.37. The Morgan fingerprint density at radius 1 is 0.939 bits per heavy atom. The lowest BCUT2D eigenvalue weighted by Gasteiger charge is -2.27. The second-order valence-corrected chi connectivity index (χ2v) is 8.99. The monoisotopic (exact) mass is 445 g/mol. The molecular weight excluding hydrogens is 417 g/mol. The lowest BCUT2D eigenvalue weighted by molar-refractivity contribution is -0.118. The minimum atomic E-state index is -0.548. The van der Waals surface area contributed by atoms with Crippen molar-refractivity contribution in [1.82, 2.24) is 9.97 Å². The molecule has 6 nitrogen and oxygen atoms in total. The van der Waals surface area contributed by atoms with Gasteiger partial charge in [0.15, 0.2) is 0 Å². The summed E-state index contributed by atoms with van der Waals surface area (Å²) >= 11 is 0. The number of carbonyl (C=O) groups is 1. The number of hydrogen-bond acceptors (Lipinski definition) is 5. The van der Waals surface area contributed by atoms with Gasteiger partial charge in [-0.1, -0.05) is 12.1 Å². The van der Waals surface area contributed by atoms with Gasteiger partial charge in [-0.15, -0.1) is 0 Å². The van der Waals surface area contributed by atoms with Crippen LogP contribution in [0.4, 0.5) is 27.5 Å². The summed E-state index contributed by atoms with van der Waals surface area (Å²) in [4.78, 5) is 24.5. The molecule has 1 saturated heterocycles. The van der Waals surface area contributed by atoms with E-state index in [9.17, 15) is 9.18 Å². The van der Waals surface area contributed by atoms with Crippen molar-refractivity contribution in [3.05, 3.63) is 71.7 Å². The third-order valence-corrected chi connectivity index (χ3v) is 6.48. The fourth-order valence-electron chi connectivity index (χ4n) is 4.43. The second kappa shape index (κ2) is 8.81. The molecule has 1 saturated carbocycles. The van der Waals surface area contributed by atoms with E-state index in [0.29, 0.717) is 0 Å². The summed E-state index contributed by atoms with van der Waals surface area (Å²) in [7, 11) is 0. The van der Waals surface area contributed by atoms with Crippen molar-refractivity contribution in [2.75, 3.05) is 28.6 Å². The highest BCUT2D eigenvalue weighted by Gasteiger charge is 2.51. The van der Waals surface area contributed by atoms with Crippen molar-refractivity contribution in [1.29, 1.82) is 0 Å². The summed E-state index contributed by atoms with van der Waals surface area (Å²) in [6, 6.07) is 15.8. The molecule has 1 aromatic heterocycles. The number of rotatable bonds is 6. The highest BCUT2D eigenvalue weighted by molar-refractivity contribution is 6.01. The SMILES string of the molecule is Cc1cc(Nc2ccc(NC(=O)C3(c4ccc(F)cc4)CC3)cc2)nc(N2CCCCC2)n1. The summed E-state index contributed by atoms with van der Waals surface area (Å²) in [5.74, 6) is 1.19. The van der Waals surface area contributed by atoms with Gasteiger partial charge in [0.2, 0.25) is 11.9 Å². The average Bonchev–Trinajstić information content (AvgIpc) is 3.63. The summed E-state index contributed by atoms with van der Waals surface area (Å²) in [6.07, 6.45) is 5.17. The number of carbonyl (C=O) groups excluding carboxylic acids is 1. The first kappa shape index (κ1) is 21.4. The zero-order valence-corrected chi connectivity index (χ0v) is 18.8. The van der Waals surface area contributed by atoms with Gasteiger partial charge in [-0.25, -0.2) is 9.37 Å². The van der Waals surface area contributed by atoms with Crippen molar-refractivity contribution in [2.45, 2.75) is 44.4 Å². The maximum atomic E-state index is 13.3. The van der Waals surface area contributed by atoms with Crippen molar-refractivity contribution in [3.63, 3.8) is 0 Å². The maximum Gasteiger partial charge on any atom is 0.235 e. The number of aryl methyl sites for hydroxylation is 1. The first-order valence-electron chi connectivity index (χ1n) is 11.6. The summed E-state index contributed by atoms with van der Waals surface area (Å²) in [6.45, 7) is 3.97. The Balaban J connectivity index is 1.25. The van der Waals surface area contributed by atoms with Crippen LogP contribution < -0.4 is 15.5 Å². The normalized spacial score (nSPS) is 16.8. The van der Waals surface area contributed by atoms with Crippen LogP contribution in [0.25, 0.3) is 0 Å². The molecule has 1 aliphatic carbocycles. The first-order chi connectivity index (χ1) is 16.0. The number of piperidine rings is 1. The van der Waals surface area contributed by atoms with Crippen LogP contribution in [-0.4, -0.2) is 29.0 Å². The van der Waals surface area contributed by atoms with Crippen LogP contribution in [0.2, 0.25) is 0 Å². The Labute approximate surface area is 193 Å². The van der Waals surface area contributed by atoms with Crippen LogP contribution in [-0.2, 0) is 10.2 Å². The predicted octanol–water partition coefficient (Wildman–Crippen LogP) is 5.33. The molecule has 1 aliphatic heterocycles. The van der Waals surface area contributed by atoms with Gasteiger partial charge in [-0.3, -0.25) is 4.79 Å². The Morgan fingerprint density at radius 3 is 2.27 bits per heavy atom. The number of amides is 1. The molecule has 33 heavy (non-hydrogen) atoms. The molecule has 2 heterocycles. The molecule has 2 aliphatic rings. The molecule has 0 spiro atoms. The number of anilines is 4. The molecule has 0 bridgehead atoms. The van der Waals surface area contributed by atoms with E-state index in [1.807, 2.05) is 37.3 Å². The fraction of sp³-hybridized carbons (Fsp3) is 0.346. The largest absolute Gasteiger partial charge is 0.341 e. The summed E-state index contributed by atoms with van der Waals surface area (Å²) < 4.78 is 13.3. The third kappa shape index (κ3) is 4.67. The lowest BCUT2D eigenvalue weighted by atomic mass is 9.95. The van der Waals surface area contributed by atoms with Crippen molar-refractivity contribution < 1.29 is 9.18 Å². The van der Waals surface area contributed by atoms with Crippen LogP contribution in [0.15, 0.2) is 54.6 Å². The molecule has 0 atom stereocenters. The van der Waals surface area contributed by atoms with E-state index < -0.39 is 5.41 Å². The minimum absolute atomic E-state index is 0.0487. The van der Waals surface area contributed by atoms with Crippen LogP contribution in [0.5, 0.6) is 0 Å².